The number of aryl methyl sites for hydroxylation is 3. The number of amides is 2. The fraction of sp³-hybridized carbons (Fsp3) is 0.625. The van der Waals surface area contributed by atoms with E-state index in [1.165, 1.54) is 82.1 Å². The summed E-state index contributed by atoms with van der Waals surface area (Å²) >= 11 is 0. The van der Waals surface area contributed by atoms with Crippen molar-refractivity contribution in [2.45, 2.75) is 264 Å². The van der Waals surface area contributed by atoms with E-state index in [-0.39, 0.29) is 18.2 Å². The van der Waals surface area contributed by atoms with Gasteiger partial charge in [0.2, 0.25) is 0 Å². The Bertz CT molecular complexity index is 5860. The largest absolute Gasteiger partial charge is 0.388 e. The van der Waals surface area contributed by atoms with E-state index in [0.29, 0.717) is 98.1 Å². The van der Waals surface area contributed by atoms with E-state index in [1.807, 2.05) is 13.8 Å². The highest BCUT2D eigenvalue weighted by atomic mass is 31.2. The van der Waals surface area contributed by atoms with Crippen LogP contribution in [0.5, 0.6) is 0 Å². The summed E-state index contributed by atoms with van der Waals surface area (Å²) in [5, 5.41) is 129. The number of aliphatic hydroxyl groups excluding tert-OH is 10. The van der Waals surface area contributed by atoms with Crippen LogP contribution in [0.25, 0.3) is 0 Å². The third kappa shape index (κ3) is 33.9. The second-order valence-corrected chi connectivity index (χ2v) is 68.0. The molecule has 0 bridgehead atoms. The molecule has 8 aliphatic heterocycles. The van der Waals surface area contributed by atoms with Crippen molar-refractivity contribution in [3.05, 3.63) is 205 Å². The van der Waals surface area contributed by atoms with Gasteiger partial charge in [-0.2, -0.15) is 0 Å². The quantitative estimate of drug-likeness (QED) is 0.0234. The molecule has 6 unspecified atom stereocenters. The van der Waals surface area contributed by atoms with Crippen LogP contribution in [-0.4, -0.2) is 397 Å². The van der Waals surface area contributed by atoms with Crippen molar-refractivity contribution >= 4 is 90.9 Å². The Kier molecular flexibility index (Phi) is 43.8. The third-order valence-corrected chi connectivity index (χ3v) is 33.8. The molecule has 46 heteroatoms. The number of aliphatic hydroxyl groups is 12. The number of aromatic amines is 4. The normalized spacial score (nSPS) is 29.8. The molecule has 6 fully saturated rings. The summed E-state index contributed by atoms with van der Waals surface area (Å²) < 4.78 is 39.4. The molecular formula is C96H158N12O28P6. The number of H-pyrrole nitrogens is 4. The number of rotatable bonds is 34. The van der Waals surface area contributed by atoms with Crippen LogP contribution in [-0.2, 0) is 63.7 Å². The van der Waals surface area contributed by atoms with Gasteiger partial charge in [0, 0.05) is 71.6 Å². The molecule has 12 rings (SSSR count). The Morgan fingerprint density at radius 2 is 0.613 bits per heavy atom. The minimum atomic E-state index is -1.47. The van der Waals surface area contributed by atoms with Gasteiger partial charge in [0.1, 0.15) is 83.9 Å². The molecule has 2 amide bonds. The molecule has 12 heterocycles. The Balaban J connectivity index is 0.000000232. The van der Waals surface area contributed by atoms with Gasteiger partial charge in [-0.15, -0.1) is 92.3 Å². The molecule has 24 atom stereocenters. The van der Waals surface area contributed by atoms with Crippen molar-refractivity contribution in [1.29, 1.82) is 0 Å². The number of hydrogen-bond acceptors (Lipinski definition) is 30. The SMILES string of the molecule is C=C1NC(=O)C=CN1C1O[C@H](CCP(=C)(C)C)[C@@H](O)[C@@]1(C)O.C=C1NC(=O)C=CN1C1O[C@H](CCP(=C)(C)C)[C@@H](O)[C@]1(C)O.C=CCCc1cn(C2O[C@H](CCP(=C)(C)C)[C@@H](O)[C@H]2O)c(=O)[nH]c1=O.C=CCc1cn(C2O[C@H](CCP(=C)(C)C)[C@@H](O)[C@H]2O)c(=O)[nH]c1=O.C=P(C)(C)CC[C@H]1OC(n2cc(CCC)c(=O)[nH]c2=O)[C@H](O)[C@@H]1O.C=P(C)(C)CC[C@H]1OC(n2cc(CCCC)c(=O)[nH]c2=O)[C@H](O)[C@@H]1O. The molecule has 0 aliphatic carbocycles. The molecule has 800 valence electrons. The number of ether oxygens (including phenoxy) is 6. The van der Waals surface area contributed by atoms with Crippen molar-refractivity contribution in [2.24, 2.45) is 0 Å². The van der Waals surface area contributed by atoms with E-state index in [4.69, 9.17) is 28.4 Å². The van der Waals surface area contributed by atoms with Gasteiger partial charge >= 0.3 is 22.8 Å². The highest BCUT2D eigenvalue weighted by Gasteiger charge is 2.57. The number of aromatic nitrogens is 8. The lowest BCUT2D eigenvalue weighted by Crippen LogP contribution is -2.53. The van der Waals surface area contributed by atoms with Gasteiger partial charge in [-0.1, -0.05) is 52.0 Å². The standard InChI is InChI=1S/C17H29N2O5P.C17H27N2O5P.C16H27N2O5P.C16H25N2O5P.2C15H25N2O4P/c2*1-5-6-7-11-10-19(17(23)18-15(11)22)16-14(21)13(20)12(24-16)8-9-25(2,3)4;2*1-5-6-10-9-18(16(22)17-14(10)21)15-13(20)12(19)11(23-15)7-8-24(2,3)4;2*1-10-16-12(18)6-8-17(10)14-15(2,20)13(19)11(21-14)7-9-22(3,4)5/h10,12-14,16,20-21H,2,5-9H2,1,3-4H3,(H,18,22,23);5,10,12-14,16,20-21H,1-2,6-9H2,3-4H3,(H,18,22,23);9,11-13,15,19-20H,2,5-8H2,1,3-4H3,(H,17,21,22);5,9,11-13,15,19-20H,1-2,6-8H2,3-4H3,(H,17,21,22);2*6,8,11,13-14,19-20H,1,3,7,9H2,2,4-5H3,(H,16,18)/t2*12-,13-,14-,16?;2*11-,12-,13-,15?;11-,13-,14?,15+;11-,13-,14?,15-/m111111/s1. The predicted octanol–water partition coefficient (Wildman–Crippen LogP) is 1.84. The minimum absolute atomic E-state index is 0.278. The first-order valence-corrected chi connectivity index (χ1v) is 65.7. The van der Waals surface area contributed by atoms with Crippen LogP contribution >= 0.6 is 41.3 Å². The number of nitrogens with one attached hydrogen (secondary N) is 6. The maximum atomic E-state index is 12.2. The molecule has 6 saturated heterocycles. The summed E-state index contributed by atoms with van der Waals surface area (Å²) in [5.41, 5.74) is -5.72. The summed E-state index contributed by atoms with van der Waals surface area (Å²) in [6.07, 6.45) is 32.5. The van der Waals surface area contributed by atoms with E-state index in [9.17, 15) is 109 Å². The first kappa shape index (κ1) is 122. The summed E-state index contributed by atoms with van der Waals surface area (Å²) in [5.74, 6) is 0.0745. The van der Waals surface area contributed by atoms with E-state index in [0.717, 1.165) is 65.4 Å². The van der Waals surface area contributed by atoms with Crippen molar-refractivity contribution in [3.8, 4) is 0 Å². The highest BCUT2D eigenvalue weighted by Crippen LogP contribution is 2.47. The number of nitrogens with zero attached hydrogens (tertiary/aromatic N) is 6. The molecule has 4 aromatic heterocycles. The molecule has 142 heavy (non-hydrogen) atoms. The summed E-state index contributed by atoms with van der Waals surface area (Å²) in [6, 6.07) is 0. The lowest BCUT2D eigenvalue weighted by molar-refractivity contribution is -0.124. The van der Waals surface area contributed by atoms with Gasteiger partial charge in [0.15, 0.2) is 37.4 Å². The number of unbranched alkanes of at least 4 members (excludes halogenated alkanes) is 1. The molecule has 40 nitrogen and oxygen atoms in total. The van der Waals surface area contributed by atoms with E-state index in [1.54, 1.807) is 12.2 Å². The van der Waals surface area contributed by atoms with Gasteiger partial charge in [-0.3, -0.25) is 67.0 Å². The van der Waals surface area contributed by atoms with Crippen LogP contribution in [0.2, 0.25) is 0 Å². The zero-order valence-corrected chi connectivity index (χ0v) is 90.3. The van der Waals surface area contributed by atoms with Crippen LogP contribution < -0.4 is 55.6 Å². The molecule has 18 N–H and O–H groups in total. The second-order valence-electron chi connectivity index (χ2n) is 42.0. The van der Waals surface area contributed by atoms with Crippen molar-refractivity contribution in [1.82, 2.24) is 58.6 Å². The van der Waals surface area contributed by atoms with Gasteiger partial charge in [0.05, 0.1) is 36.6 Å². The molecule has 0 aromatic carbocycles. The number of carbonyl (C=O) groups is 2. The van der Waals surface area contributed by atoms with E-state index < -0.39 is 233 Å². The fourth-order valence-corrected chi connectivity index (χ4v) is 22.3. The Labute approximate surface area is 830 Å². The Morgan fingerprint density at radius 3 is 0.859 bits per heavy atom. The average Bonchev–Trinajstić information content (AvgIpc) is 1.60. The molecule has 0 radical (unpaired) electrons. The second kappa shape index (κ2) is 51.1. The number of allylic oxidation sites excluding steroid dienone is 2. The monoisotopic (exact) mass is 2110 g/mol. The third-order valence-electron chi connectivity index (χ3n) is 25.0. The minimum Gasteiger partial charge on any atom is -0.388 e. The Morgan fingerprint density at radius 1 is 0.359 bits per heavy atom. The van der Waals surface area contributed by atoms with Crippen LogP contribution in [0, 0.1) is 0 Å². The zero-order chi connectivity index (χ0) is 107. The van der Waals surface area contributed by atoms with Crippen LogP contribution in [0.3, 0.4) is 0 Å². The maximum absolute atomic E-state index is 12.2. The lowest BCUT2D eigenvalue weighted by Gasteiger charge is -2.37. The first-order chi connectivity index (χ1) is 65.6. The highest BCUT2D eigenvalue weighted by molar-refractivity contribution is 7.73. The molecule has 0 spiro atoms. The van der Waals surface area contributed by atoms with Crippen molar-refractivity contribution < 1.29 is 99.3 Å². The van der Waals surface area contributed by atoms with Crippen molar-refractivity contribution in [2.75, 3.05) is 117 Å². The van der Waals surface area contributed by atoms with Crippen LogP contribution in [0.15, 0.2) is 138 Å². The van der Waals surface area contributed by atoms with Gasteiger partial charge in [-0.05, 0) is 208 Å². The molecule has 8 aliphatic rings. The number of carbonyl (C=O) groups excluding carboxylic acids is 2. The predicted molar refractivity (Wildman–Crippen MR) is 573 cm³/mol. The molecular weight excluding hydrogens is 1950 g/mol. The molecule has 0 saturated carbocycles. The maximum Gasteiger partial charge on any atom is 0.330 e. The summed E-state index contributed by atoms with van der Waals surface area (Å²) in [4.78, 5) is 130. The van der Waals surface area contributed by atoms with Gasteiger partial charge in [-0.25, -0.2) is 19.2 Å². The van der Waals surface area contributed by atoms with Crippen molar-refractivity contribution in [3.63, 3.8) is 0 Å². The van der Waals surface area contributed by atoms with Gasteiger partial charge < -0.3 is 110 Å². The zero-order valence-electron chi connectivity index (χ0n) is 85.0. The van der Waals surface area contributed by atoms with E-state index >= 15 is 0 Å². The topological polar surface area (TPSA) is 582 Å². The fourth-order valence-electron chi connectivity index (χ4n) is 16.6. The van der Waals surface area contributed by atoms with E-state index in [2.05, 4.69) is 175 Å². The number of hydrogen-bond donors (Lipinski definition) is 18. The van der Waals surface area contributed by atoms with Crippen LogP contribution in [0.1, 0.15) is 139 Å². The average molecular weight is 2110 g/mol. The van der Waals surface area contributed by atoms with Gasteiger partial charge in [0.25, 0.3) is 34.1 Å². The van der Waals surface area contributed by atoms with Crippen LogP contribution in [0.4, 0.5) is 0 Å². The Hall–Kier alpha value is -7.22. The first-order valence-electron chi connectivity index (χ1n) is 47.3. The summed E-state index contributed by atoms with van der Waals surface area (Å²) in [7, 11) is 0. The molecule has 4 aromatic rings. The lowest BCUT2D eigenvalue weighted by atomic mass is 9.95. The summed E-state index contributed by atoms with van der Waals surface area (Å²) in [6.45, 7) is 39.3. The smallest absolute Gasteiger partial charge is 0.330 e.